The molecule has 0 saturated heterocycles. The number of esters is 1. The highest BCUT2D eigenvalue weighted by molar-refractivity contribution is 7.80. The van der Waals surface area contributed by atoms with Gasteiger partial charge < -0.3 is 15.4 Å². The zero-order valence-electron chi connectivity index (χ0n) is 9.11. The van der Waals surface area contributed by atoms with Crippen LogP contribution in [0, 0.1) is 0 Å². The molecule has 0 unspecified atom stereocenters. The molecule has 0 radical (unpaired) electrons. The maximum Gasteiger partial charge on any atom is 0.343 e. The predicted octanol–water partition coefficient (Wildman–Crippen LogP) is 1.40. The molecule has 0 spiro atoms. The summed E-state index contributed by atoms with van der Waals surface area (Å²) < 4.78 is 5.29. The number of fused-ring (bicyclic) bond motifs is 3. The van der Waals surface area contributed by atoms with Crippen molar-refractivity contribution in [2.24, 2.45) is 0 Å². The normalized spacial score (nSPS) is 22.1. The van der Waals surface area contributed by atoms with Crippen molar-refractivity contribution in [1.82, 2.24) is 10.6 Å². The van der Waals surface area contributed by atoms with Gasteiger partial charge in [-0.1, -0.05) is 18.2 Å². The molecule has 1 aromatic rings. The van der Waals surface area contributed by atoms with Gasteiger partial charge in [-0.05, 0) is 25.2 Å². The van der Waals surface area contributed by atoms with E-state index < -0.39 is 0 Å². The minimum atomic E-state index is -0.325. The number of hydrogen-bond acceptors (Lipinski definition) is 3. The Morgan fingerprint density at radius 2 is 2.12 bits per heavy atom. The lowest BCUT2D eigenvalue weighted by atomic mass is 9.93. The van der Waals surface area contributed by atoms with Gasteiger partial charge in [0.2, 0.25) is 0 Å². The van der Waals surface area contributed by atoms with Gasteiger partial charge >= 0.3 is 5.97 Å². The summed E-state index contributed by atoms with van der Waals surface area (Å²) in [7, 11) is 0. The van der Waals surface area contributed by atoms with Gasteiger partial charge in [-0.25, -0.2) is 4.79 Å². The monoisotopic (exact) mass is 246 g/mol. The van der Waals surface area contributed by atoms with Gasteiger partial charge in [0.1, 0.15) is 5.75 Å². The Morgan fingerprint density at radius 1 is 1.35 bits per heavy atom. The highest BCUT2D eigenvalue weighted by atomic mass is 32.1. The summed E-state index contributed by atoms with van der Waals surface area (Å²) in [5.74, 6) is 0.268. The zero-order valence-corrected chi connectivity index (χ0v) is 9.93. The summed E-state index contributed by atoms with van der Waals surface area (Å²) >= 11 is 5.11. The second-order valence-electron chi connectivity index (χ2n) is 4.00. The van der Waals surface area contributed by atoms with Crippen molar-refractivity contribution in [2.45, 2.75) is 13.0 Å². The first kappa shape index (κ1) is 10.3. The summed E-state index contributed by atoms with van der Waals surface area (Å²) in [6.07, 6.45) is 0. The van der Waals surface area contributed by atoms with Crippen molar-refractivity contribution >= 4 is 23.3 Å². The van der Waals surface area contributed by atoms with Crippen LogP contribution in [0.4, 0.5) is 0 Å². The third kappa shape index (κ3) is 1.51. The van der Waals surface area contributed by atoms with Crippen LogP contribution >= 0.6 is 12.2 Å². The number of thiocarbonyl (C=S) groups is 1. The molecular formula is C12H10N2O2S. The van der Waals surface area contributed by atoms with Crippen LogP contribution < -0.4 is 15.4 Å². The van der Waals surface area contributed by atoms with Crippen LogP contribution in [0.3, 0.4) is 0 Å². The highest BCUT2D eigenvalue weighted by Gasteiger charge is 2.36. The van der Waals surface area contributed by atoms with E-state index in [2.05, 4.69) is 10.6 Å². The summed E-state index contributed by atoms with van der Waals surface area (Å²) in [6, 6.07) is 7.26. The third-order valence-corrected chi connectivity index (χ3v) is 3.14. The molecule has 0 bridgehead atoms. The molecular weight excluding hydrogens is 236 g/mol. The number of rotatable bonds is 0. The number of benzene rings is 1. The second-order valence-corrected chi connectivity index (χ2v) is 4.41. The van der Waals surface area contributed by atoms with Gasteiger partial charge in [-0.2, -0.15) is 0 Å². The molecule has 2 aliphatic heterocycles. The first-order valence-electron chi connectivity index (χ1n) is 5.26. The average molecular weight is 246 g/mol. The predicted molar refractivity (Wildman–Crippen MR) is 66.4 cm³/mol. The topological polar surface area (TPSA) is 50.4 Å². The molecule has 2 aliphatic rings. The number of para-hydroxylation sites is 1. The Kier molecular flexibility index (Phi) is 2.16. The Labute approximate surface area is 104 Å². The number of ether oxygens (including phenoxy) is 1. The standard InChI is InChI=1S/C12H10N2O2S/c1-6-9-10(14-12(17)13-6)7-4-2-3-5-8(7)16-11(9)15/h2-5,10H,1H3,(H2,13,14,17)/t10-/m1/s1. The van der Waals surface area contributed by atoms with Crippen LogP contribution in [-0.2, 0) is 4.79 Å². The van der Waals surface area contributed by atoms with E-state index in [1.807, 2.05) is 25.1 Å². The van der Waals surface area contributed by atoms with Crippen molar-refractivity contribution in [1.29, 1.82) is 0 Å². The highest BCUT2D eigenvalue weighted by Crippen LogP contribution is 2.37. The van der Waals surface area contributed by atoms with Crippen LogP contribution in [-0.4, -0.2) is 11.1 Å². The van der Waals surface area contributed by atoms with Crippen LogP contribution in [0.5, 0.6) is 5.75 Å². The molecule has 86 valence electrons. The number of carbonyl (C=O) groups is 1. The third-order valence-electron chi connectivity index (χ3n) is 2.92. The molecule has 1 atom stereocenters. The van der Waals surface area contributed by atoms with E-state index in [-0.39, 0.29) is 12.0 Å². The first-order chi connectivity index (χ1) is 8.16. The number of allylic oxidation sites excluding steroid dienone is 1. The van der Waals surface area contributed by atoms with Crippen molar-refractivity contribution in [3.05, 3.63) is 41.1 Å². The molecule has 4 nitrogen and oxygen atoms in total. The van der Waals surface area contributed by atoms with E-state index in [1.54, 1.807) is 6.07 Å². The maximum atomic E-state index is 11.9. The minimum Gasteiger partial charge on any atom is -0.423 e. The number of carbonyl (C=O) groups excluding carboxylic acids is 1. The van der Waals surface area contributed by atoms with Gasteiger partial charge in [0.25, 0.3) is 0 Å². The molecule has 2 heterocycles. The zero-order chi connectivity index (χ0) is 12.0. The van der Waals surface area contributed by atoms with Crippen molar-refractivity contribution in [2.75, 3.05) is 0 Å². The maximum absolute atomic E-state index is 11.9. The summed E-state index contributed by atoms with van der Waals surface area (Å²) in [5.41, 5.74) is 2.28. The Balaban J connectivity index is 2.20. The van der Waals surface area contributed by atoms with Crippen LogP contribution in [0.1, 0.15) is 18.5 Å². The Morgan fingerprint density at radius 3 is 2.94 bits per heavy atom. The SMILES string of the molecule is CC1=C2C(=O)Oc3ccccc3[C@H]2NC(=S)N1. The molecule has 0 fully saturated rings. The van der Waals surface area contributed by atoms with E-state index in [1.165, 1.54) is 0 Å². The first-order valence-corrected chi connectivity index (χ1v) is 5.67. The van der Waals surface area contributed by atoms with Gasteiger partial charge in [0.05, 0.1) is 11.6 Å². The van der Waals surface area contributed by atoms with Gasteiger partial charge in [0.15, 0.2) is 5.11 Å². The fourth-order valence-corrected chi connectivity index (χ4v) is 2.44. The van der Waals surface area contributed by atoms with Gasteiger partial charge in [0, 0.05) is 11.3 Å². The summed E-state index contributed by atoms with van der Waals surface area (Å²) in [5, 5.41) is 6.56. The molecule has 0 aromatic heterocycles. The summed E-state index contributed by atoms with van der Waals surface area (Å²) in [6.45, 7) is 1.82. The lowest BCUT2D eigenvalue weighted by Crippen LogP contribution is -2.47. The van der Waals surface area contributed by atoms with Gasteiger partial charge in [-0.3, -0.25) is 0 Å². The van der Waals surface area contributed by atoms with Gasteiger partial charge in [-0.15, -0.1) is 0 Å². The van der Waals surface area contributed by atoms with E-state index in [9.17, 15) is 4.79 Å². The molecule has 1 aromatic carbocycles. The Hall–Kier alpha value is -1.88. The van der Waals surface area contributed by atoms with E-state index in [0.717, 1.165) is 11.3 Å². The molecule has 0 saturated carbocycles. The lowest BCUT2D eigenvalue weighted by Gasteiger charge is -2.33. The average Bonchev–Trinajstić information content (AvgIpc) is 2.28. The van der Waals surface area contributed by atoms with Crippen LogP contribution in [0.2, 0.25) is 0 Å². The molecule has 3 rings (SSSR count). The molecule has 0 amide bonds. The second kappa shape index (κ2) is 3.56. The largest absolute Gasteiger partial charge is 0.423 e. The Bertz CT molecular complexity index is 565. The van der Waals surface area contributed by atoms with Crippen molar-refractivity contribution in [3.8, 4) is 5.75 Å². The van der Waals surface area contributed by atoms with Crippen molar-refractivity contribution < 1.29 is 9.53 Å². The lowest BCUT2D eigenvalue weighted by molar-refractivity contribution is -0.131. The fourth-order valence-electron chi connectivity index (χ4n) is 2.16. The van der Waals surface area contributed by atoms with Crippen LogP contribution in [0.15, 0.2) is 35.5 Å². The van der Waals surface area contributed by atoms with E-state index in [4.69, 9.17) is 17.0 Å². The smallest absolute Gasteiger partial charge is 0.343 e. The fraction of sp³-hybridized carbons (Fsp3) is 0.167. The van der Waals surface area contributed by atoms with E-state index >= 15 is 0 Å². The quantitative estimate of drug-likeness (QED) is 0.412. The minimum absolute atomic E-state index is 0.207. The molecule has 2 N–H and O–H groups in total. The molecule has 17 heavy (non-hydrogen) atoms. The van der Waals surface area contributed by atoms with E-state index in [0.29, 0.717) is 16.4 Å². The van der Waals surface area contributed by atoms with Crippen molar-refractivity contribution in [3.63, 3.8) is 0 Å². The number of nitrogens with one attached hydrogen (secondary N) is 2. The molecule has 0 aliphatic carbocycles. The summed E-state index contributed by atoms with van der Waals surface area (Å²) in [4.78, 5) is 11.9. The molecule has 5 heteroatoms. The van der Waals surface area contributed by atoms with Crippen LogP contribution in [0.25, 0.3) is 0 Å². The number of hydrogen-bond donors (Lipinski definition) is 2.